The van der Waals surface area contributed by atoms with E-state index in [9.17, 15) is 8.42 Å². The van der Waals surface area contributed by atoms with Crippen LogP contribution < -0.4 is 5.32 Å². The van der Waals surface area contributed by atoms with Crippen LogP contribution in [0.15, 0.2) is 17.5 Å². The third-order valence-electron chi connectivity index (χ3n) is 2.35. The highest BCUT2D eigenvalue weighted by atomic mass is 32.2. The second-order valence-corrected chi connectivity index (χ2v) is 7.48. The number of hydrogen-bond donors (Lipinski definition) is 1. The highest BCUT2D eigenvalue weighted by molar-refractivity contribution is 7.90. The second kappa shape index (κ2) is 5.80. The Kier molecular flexibility index (Phi) is 4.95. The summed E-state index contributed by atoms with van der Waals surface area (Å²) >= 11 is 1.74. The first-order chi connectivity index (χ1) is 7.38. The summed E-state index contributed by atoms with van der Waals surface area (Å²) < 4.78 is 22.2. The smallest absolute Gasteiger partial charge is 0.148 e. The SMILES string of the molecule is CC(CS(C)(=O)=O)NCC(C)c1cccs1. The van der Waals surface area contributed by atoms with Crippen LogP contribution in [0.25, 0.3) is 0 Å². The number of thiophene rings is 1. The lowest BCUT2D eigenvalue weighted by Gasteiger charge is -2.16. The van der Waals surface area contributed by atoms with Crippen molar-refractivity contribution in [3.8, 4) is 0 Å². The van der Waals surface area contributed by atoms with Crippen molar-refractivity contribution < 1.29 is 8.42 Å². The van der Waals surface area contributed by atoms with E-state index < -0.39 is 9.84 Å². The average molecular weight is 261 g/mol. The van der Waals surface area contributed by atoms with Crippen LogP contribution in [0.5, 0.6) is 0 Å². The summed E-state index contributed by atoms with van der Waals surface area (Å²) in [6, 6.07) is 4.16. The predicted octanol–water partition coefficient (Wildman–Crippen LogP) is 1.87. The van der Waals surface area contributed by atoms with Gasteiger partial charge in [-0.1, -0.05) is 13.0 Å². The molecule has 3 nitrogen and oxygen atoms in total. The van der Waals surface area contributed by atoms with Crippen LogP contribution in [0.3, 0.4) is 0 Å². The third-order valence-corrected chi connectivity index (χ3v) is 4.56. The Labute approximate surface area is 102 Å². The van der Waals surface area contributed by atoms with Crippen molar-refractivity contribution in [1.82, 2.24) is 5.32 Å². The van der Waals surface area contributed by atoms with Crippen molar-refractivity contribution in [2.45, 2.75) is 25.8 Å². The Hall–Kier alpha value is -0.390. The van der Waals surface area contributed by atoms with Gasteiger partial charge in [-0.25, -0.2) is 8.42 Å². The Morgan fingerprint density at radius 3 is 2.62 bits per heavy atom. The lowest BCUT2D eigenvalue weighted by Crippen LogP contribution is -2.34. The minimum atomic E-state index is -2.88. The molecule has 0 aliphatic rings. The van der Waals surface area contributed by atoms with Gasteiger partial charge in [0.15, 0.2) is 0 Å². The quantitative estimate of drug-likeness (QED) is 0.850. The van der Waals surface area contributed by atoms with Gasteiger partial charge in [0.2, 0.25) is 0 Å². The van der Waals surface area contributed by atoms with E-state index in [1.807, 2.05) is 13.0 Å². The molecular weight excluding hydrogens is 242 g/mol. The van der Waals surface area contributed by atoms with Crippen LogP contribution in [0.1, 0.15) is 24.6 Å². The van der Waals surface area contributed by atoms with Gasteiger partial charge >= 0.3 is 0 Å². The molecule has 1 rings (SSSR count). The molecule has 0 aromatic carbocycles. The van der Waals surface area contributed by atoms with E-state index in [1.54, 1.807) is 11.3 Å². The van der Waals surface area contributed by atoms with Crippen LogP contribution in [0.2, 0.25) is 0 Å². The summed E-state index contributed by atoms with van der Waals surface area (Å²) in [5, 5.41) is 5.32. The van der Waals surface area contributed by atoms with E-state index in [0.717, 1.165) is 6.54 Å². The third kappa shape index (κ3) is 5.09. The maximum Gasteiger partial charge on any atom is 0.148 e. The molecule has 0 fully saturated rings. The molecule has 0 aliphatic carbocycles. The van der Waals surface area contributed by atoms with Gasteiger partial charge in [0, 0.05) is 29.6 Å². The number of rotatable bonds is 6. The first-order valence-corrected chi connectivity index (χ1v) is 8.27. The number of hydrogen-bond acceptors (Lipinski definition) is 4. The zero-order chi connectivity index (χ0) is 12.2. The molecule has 0 amide bonds. The first kappa shape index (κ1) is 13.7. The maximum absolute atomic E-state index is 11.1. The van der Waals surface area contributed by atoms with Crippen LogP contribution in [0, 0.1) is 0 Å². The largest absolute Gasteiger partial charge is 0.313 e. The molecule has 2 atom stereocenters. The molecule has 0 saturated carbocycles. The van der Waals surface area contributed by atoms with Gasteiger partial charge in [-0.3, -0.25) is 0 Å². The monoisotopic (exact) mass is 261 g/mol. The lowest BCUT2D eigenvalue weighted by atomic mass is 10.1. The number of sulfone groups is 1. The van der Waals surface area contributed by atoms with Crippen LogP contribution >= 0.6 is 11.3 Å². The van der Waals surface area contributed by atoms with Crippen molar-refractivity contribution >= 4 is 21.2 Å². The van der Waals surface area contributed by atoms with E-state index in [2.05, 4.69) is 23.7 Å². The van der Waals surface area contributed by atoms with Gasteiger partial charge in [-0.15, -0.1) is 11.3 Å². The fourth-order valence-corrected chi connectivity index (χ4v) is 3.38. The van der Waals surface area contributed by atoms with Gasteiger partial charge in [0.25, 0.3) is 0 Å². The van der Waals surface area contributed by atoms with Crippen molar-refractivity contribution in [2.75, 3.05) is 18.6 Å². The number of nitrogens with one attached hydrogen (secondary N) is 1. The second-order valence-electron chi connectivity index (χ2n) is 4.32. The Morgan fingerprint density at radius 1 is 1.44 bits per heavy atom. The standard InChI is InChI=1S/C11H19NO2S2/c1-9(11-5-4-6-15-11)7-12-10(2)8-16(3,13)14/h4-6,9-10,12H,7-8H2,1-3H3. The van der Waals surface area contributed by atoms with E-state index in [0.29, 0.717) is 5.92 Å². The molecule has 1 aromatic heterocycles. The predicted molar refractivity (Wildman–Crippen MR) is 69.9 cm³/mol. The highest BCUT2D eigenvalue weighted by Crippen LogP contribution is 2.19. The molecule has 1 aromatic rings. The molecule has 0 aliphatic heterocycles. The molecule has 0 bridgehead atoms. The van der Waals surface area contributed by atoms with Gasteiger partial charge in [-0.2, -0.15) is 0 Å². The van der Waals surface area contributed by atoms with E-state index in [4.69, 9.17) is 0 Å². The Balaban J connectivity index is 2.35. The maximum atomic E-state index is 11.1. The topological polar surface area (TPSA) is 46.2 Å². The zero-order valence-electron chi connectivity index (χ0n) is 9.93. The van der Waals surface area contributed by atoms with E-state index in [1.165, 1.54) is 11.1 Å². The minimum Gasteiger partial charge on any atom is -0.313 e. The average Bonchev–Trinajstić information content (AvgIpc) is 2.64. The molecule has 0 saturated heterocycles. The summed E-state index contributed by atoms with van der Waals surface area (Å²) in [5.41, 5.74) is 0. The zero-order valence-corrected chi connectivity index (χ0v) is 11.6. The fraction of sp³-hybridized carbons (Fsp3) is 0.636. The molecule has 92 valence electrons. The van der Waals surface area contributed by atoms with Crippen LogP contribution in [-0.4, -0.2) is 33.0 Å². The van der Waals surface area contributed by atoms with Crippen LogP contribution in [-0.2, 0) is 9.84 Å². The first-order valence-electron chi connectivity index (χ1n) is 5.33. The Bertz CT molecular complexity index is 398. The fourth-order valence-electron chi connectivity index (χ4n) is 1.56. The van der Waals surface area contributed by atoms with Crippen molar-refractivity contribution in [3.05, 3.63) is 22.4 Å². The summed E-state index contributed by atoms with van der Waals surface area (Å²) in [7, 11) is -2.88. The highest BCUT2D eigenvalue weighted by Gasteiger charge is 2.12. The minimum absolute atomic E-state index is 0.0115. The van der Waals surface area contributed by atoms with Gasteiger partial charge in [0.05, 0.1) is 5.75 Å². The molecule has 1 N–H and O–H groups in total. The van der Waals surface area contributed by atoms with Crippen molar-refractivity contribution in [3.63, 3.8) is 0 Å². The van der Waals surface area contributed by atoms with Crippen molar-refractivity contribution in [2.24, 2.45) is 0 Å². The van der Waals surface area contributed by atoms with E-state index in [-0.39, 0.29) is 11.8 Å². The van der Waals surface area contributed by atoms with Gasteiger partial charge in [0.1, 0.15) is 9.84 Å². The molecule has 0 radical (unpaired) electrons. The molecular formula is C11H19NO2S2. The molecule has 5 heteroatoms. The molecule has 2 unspecified atom stereocenters. The van der Waals surface area contributed by atoms with Gasteiger partial charge < -0.3 is 5.32 Å². The van der Waals surface area contributed by atoms with Crippen molar-refractivity contribution in [1.29, 1.82) is 0 Å². The Morgan fingerprint density at radius 2 is 2.12 bits per heavy atom. The summed E-state index contributed by atoms with van der Waals surface area (Å²) in [6.07, 6.45) is 1.27. The van der Waals surface area contributed by atoms with Gasteiger partial charge in [-0.05, 0) is 18.4 Å². The molecule has 1 heterocycles. The van der Waals surface area contributed by atoms with Crippen LogP contribution in [0.4, 0.5) is 0 Å². The van der Waals surface area contributed by atoms with E-state index >= 15 is 0 Å². The summed E-state index contributed by atoms with van der Waals surface area (Å²) in [6.45, 7) is 4.87. The molecule has 0 spiro atoms. The summed E-state index contributed by atoms with van der Waals surface area (Å²) in [5.74, 6) is 0.631. The lowest BCUT2D eigenvalue weighted by molar-refractivity contribution is 0.539. The normalized spacial score (nSPS) is 15.9. The molecule has 16 heavy (non-hydrogen) atoms. The summed E-state index contributed by atoms with van der Waals surface area (Å²) in [4.78, 5) is 1.33.